The van der Waals surface area contributed by atoms with E-state index in [1.807, 2.05) is 25.1 Å². The lowest BCUT2D eigenvalue weighted by molar-refractivity contribution is 1.11. The molecule has 5 nitrogen and oxygen atoms in total. The van der Waals surface area contributed by atoms with Crippen molar-refractivity contribution in [1.29, 1.82) is 0 Å². The van der Waals surface area contributed by atoms with Crippen molar-refractivity contribution >= 4 is 28.9 Å². The zero-order valence-electron chi connectivity index (χ0n) is 10.2. The molecule has 0 unspecified atom stereocenters. The van der Waals surface area contributed by atoms with Gasteiger partial charge in [-0.15, -0.1) is 0 Å². The minimum atomic E-state index is -0.187. The molecule has 0 fully saturated rings. The molecule has 6 heteroatoms. The molecular formula is C13H11ClN4O. The van der Waals surface area contributed by atoms with Gasteiger partial charge in [0.2, 0.25) is 5.95 Å². The molecule has 1 aliphatic rings. The molecule has 0 saturated heterocycles. The molecule has 0 spiro atoms. The minimum Gasteiger partial charge on any atom is -0.325 e. The van der Waals surface area contributed by atoms with E-state index >= 15 is 0 Å². The van der Waals surface area contributed by atoms with E-state index in [1.54, 1.807) is 0 Å². The summed E-state index contributed by atoms with van der Waals surface area (Å²) in [6.07, 6.45) is 1.53. The second-order valence-corrected chi connectivity index (χ2v) is 4.68. The Hall–Kier alpha value is -2.14. The van der Waals surface area contributed by atoms with Gasteiger partial charge in [0.25, 0.3) is 5.56 Å². The summed E-state index contributed by atoms with van der Waals surface area (Å²) in [5, 5.41) is 3.71. The number of halogens is 1. The lowest BCUT2D eigenvalue weighted by Gasteiger charge is -2.09. The lowest BCUT2D eigenvalue weighted by Crippen LogP contribution is -2.17. The molecule has 0 atom stereocenters. The van der Waals surface area contributed by atoms with Crippen molar-refractivity contribution in [2.75, 3.05) is 11.9 Å². The fourth-order valence-electron chi connectivity index (χ4n) is 1.74. The summed E-state index contributed by atoms with van der Waals surface area (Å²) in [5.41, 5.74) is 2.87. The van der Waals surface area contributed by atoms with Crippen LogP contribution >= 0.6 is 11.6 Å². The molecule has 2 aromatic rings. The molecule has 0 radical (unpaired) electrons. The number of aromatic nitrogens is 2. The minimum absolute atomic E-state index is 0.187. The molecule has 2 heterocycles. The summed E-state index contributed by atoms with van der Waals surface area (Å²) < 4.78 is 0. The SMILES string of the molecule is Cc1c(Cl)cccc1Nc1ncc(C2=NC2)c(=O)[nH]1. The van der Waals surface area contributed by atoms with Gasteiger partial charge in [-0.05, 0) is 24.6 Å². The predicted molar refractivity (Wildman–Crippen MR) is 75.7 cm³/mol. The van der Waals surface area contributed by atoms with Gasteiger partial charge in [-0.3, -0.25) is 14.8 Å². The molecular weight excluding hydrogens is 264 g/mol. The average molecular weight is 275 g/mol. The number of hydrogen-bond donors (Lipinski definition) is 2. The van der Waals surface area contributed by atoms with Crippen LogP contribution in [0.4, 0.5) is 11.6 Å². The second-order valence-electron chi connectivity index (χ2n) is 4.27. The average Bonchev–Trinajstić information content (AvgIpc) is 3.19. The molecule has 1 aromatic heterocycles. The lowest BCUT2D eigenvalue weighted by atomic mass is 10.2. The number of H-pyrrole nitrogens is 1. The summed E-state index contributed by atoms with van der Waals surface area (Å²) in [6.45, 7) is 2.53. The Morgan fingerprint density at radius 2 is 2.21 bits per heavy atom. The van der Waals surface area contributed by atoms with Crippen LogP contribution in [0.25, 0.3) is 0 Å². The number of nitrogens with one attached hydrogen (secondary N) is 2. The zero-order valence-corrected chi connectivity index (χ0v) is 11.0. The molecule has 19 heavy (non-hydrogen) atoms. The maximum absolute atomic E-state index is 11.8. The fourth-order valence-corrected chi connectivity index (χ4v) is 1.92. The Labute approximate surface area is 114 Å². The standard InChI is InChI=1S/C13H11ClN4O/c1-7-9(14)3-2-4-10(7)17-13-16-5-8(11-6-15-11)12(19)18-13/h2-5H,6H2,1H3,(H2,16,17,18,19). The first kappa shape index (κ1) is 11.9. The number of anilines is 2. The van der Waals surface area contributed by atoms with Gasteiger partial charge in [-0.25, -0.2) is 4.98 Å². The molecule has 96 valence electrons. The third kappa shape index (κ3) is 2.37. The van der Waals surface area contributed by atoms with Gasteiger partial charge in [0.15, 0.2) is 0 Å². The molecule has 1 aromatic carbocycles. The van der Waals surface area contributed by atoms with Gasteiger partial charge in [-0.2, -0.15) is 0 Å². The first-order valence-electron chi connectivity index (χ1n) is 5.80. The third-order valence-corrected chi connectivity index (χ3v) is 3.36. The van der Waals surface area contributed by atoms with Crippen molar-refractivity contribution in [2.24, 2.45) is 4.99 Å². The van der Waals surface area contributed by atoms with E-state index in [2.05, 4.69) is 20.3 Å². The first-order valence-corrected chi connectivity index (χ1v) is 6.18. The van der Waals surface area contributed by atoms with Crippen LogP contribution in [0.5, 0.6) is 0 Å². The Kier molecular flexibility index (Phi) is 2.83. The van der Waals surface area contributed by atoms with Crippen molar-refractivity contribution in [2.45, 2.75) is 6.92 Å². The van der Waals surface area contributed by atoms with Crippen molar-refractivity contribution in [1.82, 2.24) is 9.97 Å². The van der Waals surface area contributed by atoms with Gasteiger partial charge in [0.1, 0.15) is 0 Å². The van der Waals surface area contributed by atoms with E-state index in [0.29, 0.717) is 23.1 Å². The predicted octanol–water partition coefficient (Wildman–Crippen LogP) is 2.28. The topological polar surface area (TPSA) is 70.1 Å². The highest BCUT2D eigenvalue weighted by molar-refractivity contribution is 6.31. The van der Waals surface area contributed by atoms with E-state index in [0.717, 1.165) is 17.0 Å². The highest BCUT2D eigenvalue weighted by Crippen LogP contribution is 2.24. The summed E-state index contributed by atoms with van der Waals surface area (Å²) in [6, 6.07) is 5.52. The van der Waals surface area contributed by atoms with Crippen molar-refractivity contribution in [3.05, 3.63) is 50.9 Å². The maximum Gasteiger partial charge on any atom is 0.261 e. The fraction of sp³-hybridized carbons (Fsp3) is 0.154. The zero-order chi connectivity index (χ0) is 13.4. The Bertz CT molecular complexity index is 736. The number of aromatic amines is 1. The maximum atomic E-state index is 11.8. The van der Waals surface area contributed by atoms with Crippen LogP contribution in [-0.2, 0) is 0 Å². The van der Waals surface area contributed by atoms with Gasteiger partial charge < -0.3 is 5.32 Å². The van der Waals surface area contributed by atoms with Crippen LogP contribution in [0, 0.1) is 6.92 Å². The number of nitrogens with zero attached hydrogens (tertiary/aromatic N) is 2. The number of hydrogen-bond acceptors (Lipinski definition) is 4. The Balaban J connectivity index is 1.91. The van der Waals surface area contributed by atoms with Crippen molar-refractivity contribution < 1.29 is 0 Å². The first-order chi connectivity index (χ1) is 9.15. The highest BCUT2D eigenvalue weighted by atomic mass is 35.5. The largest absolute Gasteiger partial charge is 0.325 e. The quantitative estimate of drug-likeness (QED) is 0.902. The van der Waals surface area contributed by atoms with Crippen LogP contribution < -0.4 is 10.9 Å². The molecule has 0 saturated carbocycles. The molecule has 3 rings (SSSR count). The molecule has 2 N–H and O–H groups in total. The van der Waals surface area contributed by atoms with Crippen molar-refractivity contribution in [3.63, 3.8) is 0 Å². The normalized spacial score (nSPS) is 13.1. The highest BCUT2D eigenvalue weighted by Gasteiger charge is 2.17. The van der Waals surface area contributed by atoms with Gasteiger partial charge >= 0.3 is 0 Å². The molecule has 1 aliphatic heterocycles. The molecule has 0 amide bonds. The molecule has 0 bridgehead atoms. The van der Waals surface area contributed by atoms with Crippen LogP contribution in [0.2, 0.25) is 5.02 Å². The molecule has 0 aliphatic carbocycles. The summed E-state index contributed by atoms with van der Waals surface area (Å²) >= 11 is 6.04. The van der Waals surface area contributed by atoms with Crippen LogP contribution in [0.1, 0.15) is 11.1 Å². The van der Waals surface area contributed by atoms with Crippen LogP contribution in [-0.4, -0.2) is 22.2 Å². The Morgan fingerprint density at radius 1 is 1.42 bits per heavy atom. The summed E-state index contributed by atoms with van der Waals surface area (Å²) in [7, 11) is 0. The second kappa shape index (κ2) is 4.51. The number of aliphatic imine (C=N–C) groups is 1. The van der Waals surface area contributed by atoms with Crippen LogP contribution in [0.15, 0.2) is 34.2 Å². The van der Waals surface area contributed by atoms with Gasteiger partial charge in [0, 0.05) is 16.9 Å². The van der Waals surface area contributed by atoms with Crippen molar-refractivity contribution in [3.8, 4) is 0 Å². The number of benzene rings is 1. The van der Waals surface area contributed by atoms with Gasteiger partial charge in [0.05, 0.1) is 17.8 Å². The Morgan fingerprint density at radius 3 is 2.89 bits per heavy atom. The monoisotopic (exact) mass is 274 g/mol. The summed E-state index contributed by atoms with van der Waals surface area (Å²) in [4.78, 5) is 22.7. The van der Waals surface area contributed by atoms with E-state index < -0.39 is 0 Å². The van der Waals surface area contributed by atoms with E-state index in [4.69, 9.17) is 11.6 Å². The van der Waals surface area contributed by atoms with E-state index in [9.17, 15) is 4.79 Å². The smallest absolute Gasteiger partial charge is 0.261 e. The van der Waals surface area contributed by atoms with E-state index in [-0.39, 0.29) is 5.56 Å². The van der Waals surface area contributed by atoms with Gasteiger partial charge in [-0.1, -0.05) is 17.7 Å². The van der Waals surface area contributed by atoms with Crippen LogP contribution in [0.3, 0.4) is 0 Å². The summed E-state index contributed by atoms with van der Waals surface area (Å²) in [5.74, 6) is 0.389. The third-order valence-electron chi connectivity index (χ3n) is 2.95. The number of rotatable bonds is 3. The van der Waals surface area contributed by atoms with E-state index in [1.165, 1.54) is 6.20 Å².